The summed E-state index contributed by atoms with van der Waals surface area (Å²) in [7, 11) is 0. The summed E-state index contributed by atoms with van der Waals surface area (Å²) in [6.07, 6.45) is 2.90. The number of amides is 1. The molecule has 204 valence electrons. The molecule has 0 aliphatic carbocycles. The SMILES string of the molecule is Cc1nc2c(F)cc(-c3nc(Nc4ccc5c(n4)CCN(C(=O)OC(C)(C)C)C5)ncc3F)cn2c1C(C)C. The van der Waals surface area contributed by atoms with Crippen LogP contribution in [0.1, 0.15) is 63.2 Å². The second kappa shape index (κ2) is 9.87. The highest BCUT2D eigenvalue weighted by molar-refractivity contribution is 5.69. The molecule has 0 fully saturated rings. The van der Waals surface area contributed by atoms with Gasteiger partial charge in [-0.25, -0.2) is 33.5 Å². The molecule has 5 rings (SSSR count). The lowest BCUT2D eigenvalue weighted by Crippen LogP contribution is -2.40. The van der Waals surface area contributed by atoms with E-state index in [2.05, 4.69) is 25.3 Å². The number of hydrogen-bond donors (Lipinski definition) is 1. The maximum Gasteiger partial charge on any atom is 0.410 e. The minimum absolute atomic E-state index is 0.0414. The molecule has 0 bridgehead atoms. The van der Waals surface area contributed by atoms with E-state index in [0.29, 0.717) is 25.3 Å². The summed E-state index contributed by atoms with van der Waals surface area (Å²) in [6.45, 7) is 12.2. The van der Waals surface area contributed by atoms with Crippen LogP contribution in [-0.4, -0.2) is 47.5 Å². The average Bonchev–Trinajstić information content (AvgIpc) is 3.20. The molecule has 0 spiro atoms. The number of carbonyl (C=O) groups excluding carboxylic acids is 1. The third kappa shape index (κ3) is 5.39. The third-order valence-electron chi connectivity index (χ3n) is 6.40. The van der Waals surface area contributed by atoms with Gasteiger partial charge in [0.1, 0.15) is 17.1 Å². The van der Waals surface area contributed by atoms with Gasteiger partial charge in [0.15, 0.2) is 17.3 Å². The van der Waals surface area contributed by atoms with Gasteiger partial charge >= 0.3 is 6.09 Å². The van der Waals surface area contributed by atoms with Crippen LogP contribution in [0.3, 0.4) is 0 Å². The van der Waals surface area contributed by atoms with Crippen LogP contribution < -0.4 is 5.32 Å². The maximum absolute atomic E-state index is 15.0. The first kappa shape index (κ1) is 26.5. The van der Waals surface area contributed by atoms with Crippen LogP contribution in [-0.2, 0) is 17.7 Å². The fourth-order valence-electron chi connectivity index (χ4n) is 4.77. The van der Waals surface area contributed by atoms with Crippen molar-refractivity contribution in [2.75, 3.05) is 11.9 Å². The lowest BCUT2D eigenvalue weighted by molar-refractivity contribution is 0.0223. The molecule has 0 atom stereocenters. The lowest BCUT2D eigenvalue weighted by atomic mass is 10.1. The number of aryl methyl sites for hydroxylation is 1. The maximum atomic E-state index is 15.0. The van der Waals surface area contributed by atoms with Crippen molar-refractivity contribution in [2.24, 2.45) is 0 Å². The van der Waals surface area contributed by atoms with E-state index in [0.717, 1.165) is 28.8 Å². The number of anilines is 2. The third-order valence-corrected chi connectivity index (χ3v) is 6.40. The molecule has 0 aromatic carbocycles. The standard InChI is InChI=1S/C28H31F2N7O2/c1-15(2)24-16(3)32-25-19(29)11-18(14-37(24)25)23-20(30)12-31-26(35-23)34-22-8-7-17-13-36(10-9-21(17)33-22)27(38)39-28(4,5)6/h7-8,11-12,14-15H,9-10,13H2,1-6H3,(H,31,33,34,35). The first-order valence-corrected chi connectivity index (χ1v) is 12.8. The number of ether oxygens (including phenoxy) is 1. The summed E-state index contributed by atoms with van der Waals surface area (Å²) < 4.78 is 37.0. The van der Waals surface area contributed by atoms with Gasteiger partial charge in [-0.1, -0.05) is 19.9 Å². The quantitative estimate of drug-likeness (QED) is 0.346. The predicted octanol–water partition coefficient (Wildman–Crippen LogP) is 5.93. The number of rotatable bonds is 4. The number of nitrogens with zero attached hydrogens (tertiary/aromatic N) is 6. The summed E-state index contributed by atoms with van der Waals surface area (Å²) in [6, 6.07) is 4.86. The number of halogens is 2. The van der Waals surface area contributed by atoms with Gasteiger partial charge in [0.2, 0.25) is 5.95 Å². The summed E-state index contributed by atoms with van der Waals surface area (Å²) in [5.41, 5.74) is 3.18. The fourth-order valence-corrected chi connectivity index (χ4v) is 4.77. The number of fused-ring (bicyclic) bond motifs is 2. The smallest absolute Gasteiger partial charge is 0.410 e. The van der Waals surface area contributed by atoms with Gasteiger partial charge in [-0.2, -0.15) is 0 Å². The molecule has 0 saturated carbocycles. The molecule has 1 aliphatic rings. The first-order chi connectivity index (χ1) is 18.4. The van der Waals surface area contributed by atoms with Crippen molar-refractivity contribution in [3.8, 4) is 11.3 Å². The topological polar surface area (TPSA) is 97.5 Å². The van der Waals surface area contributed by atoms with Crippen molar-refractivity contribution in [2.45, 2.75) is 66.0 Å². The van der Waals surface area contributed by atoms with Crippen LogP contribution >= 0.6 is 0 Å². The van der Waals surface area contributed by atoms with Crippen molar-refractivity contribution < 1.29 is 18.3 Å². The monoisotopic (exact) mass is 535 g/mol. The Balaban J connectivity index is 1.40. The van der Waals surface area contributed by atoms with Gasteiger partial charge in [0, 0.05) is 36.1 Å². The van der Waals surface area contributed by atoms with E-state index in [4.69, 9.17) is 4.74 Å². The van der Waals surface area contributed by atoms with Crippen LogP contribution in [0.2, 0.25) is 0 Å². The molecule has 0 unspecified atom stereocenters. The first-order valence-electron chi connectivity index (χ1n) is 12.8. The summed E-state index contributed by atoms with van der Waals surface area (Å²) in [5, 5.41) is 3.02. The van der Waals surface area contributed by atoms with Crippen LogP contribution in [0, 0.1) is 18.6 Å². The molecule has 0 saturated heterocycles. The second-order valence-electron chi connectivity index (χ2n) is 11.0. The van der Waals surface area contributed by atoms with E-state index >= 15 is 0 Å². The summed E-state index contributed by atoms with van der Waals surface area (Å²) in [4.78, 5) is 31.5. The summed E-state index contributed by atoms with van der Waals surface area (Å²) in [5.74, 6) is -0.550. The minimum Gasteiger partial charge on any atom is -0.444 e. The second-order valence-corrected chi connectivity index (χ2v) is 11.0. The highest BCUT2D eigenvalue weighted by atomic mass is 19.1. The molecule has 4 aromatic rings. The molecule has 11 heteroatoms. The lowest BCUT2D eigenvalue weighted by Gasteiger charge is -2.30. The zero-order chi connectivity index (χ0) is 28.1. The summed E-state index contributed by atoms with van der Waals surface area (Å²) >= 11 is 0. The van der Waals surface area contributed by atoms with E-state index in [-0.39, 0.29) is 34.9 Å². The van der Waals surface area contributed by atoms with Gasteiger partial charge in [-0.05, 0) is 51.3 Å². The number of imidazole rings is 1. The van der Waals surface area contributed by atoms with E-state index < -0.39 is 17.2 Å². The highest BCUT2D eigenvalue weighted by Crippen LogP contribution is 2.29. The zero-order valence-corrected chi connectivity index (χ0v) is 22.8. The molecular formula is C28H31F2N7O2. The Morgan fingerprint density at radius 3 is 2.62 bits per heavy atom. The van der Waals surface area contributed by atoms with Crippen molar-refractivity contribution in [1.29, 1.82) is 0 Å². The molecular weight excluding hydrogens is 504 g/mol. The highest BCUT2D eigenvalue weighted by Gasteiger charge is 2.26. The number of aromatic nitrogens is 5. The Bertz CT molecular complexity index is 1580. The fraction of sp³-hybridized carbons (Fsp3) is 0.393. The van der Waals surface area contributed by atoms with Crippen molar-refractivity contribution in [1.82, 2.24) is 29.2 Å². The van der Waals surface area contributed by atoms with Crippen LogP contribution in [0.5, 0.6) is 0 Å². The number of carbonyl (C=O) groups is 1. The molecule has 39 heavy (non-hydrogen) atoms. The van der Waals surface area contributed by atoms with Gasteiger partial charge < -0.3 is 19.4 Å². The van der Waals surface area contributed by atoms with Crippen molar-refractivity contribution in [3.05, 3.63) is 64.9 Å². The van der Waals surface area contributed by atoms with E-state index in [9.17, 15) is 13.6 Å². The van der Waals surface area contributed by atoms with Crippen molar-refractivity contribution >= 4 is 23.5 Å². The molecule has 1 N–H and O–H groups in total. The van der Waals surface area contributed by atoms with Gasteiger partial charge in [-0.15, -0.1) is 0 Å². The van der Waals surface area contributed by atoms with Crippen LogP contribution in [0.25, 0.3) is 16.9 Å². The van der Waals surface area contributed by atoms with Crippen LogP contribution in [0.15, 0.2) is 30.6 Å². The van der Waals surface area contributed by atoms with Gasteiger partial charge in [0.25, 0.3) is 0 Å². The Kier molecular flexibility index (Phi) is 6.69. The van der Waals surface area contributed by atoms with Gasteiger partial charge in [0.05, 0.1) is 18.4 Å². The molecule has 5 heterocycles. The molecule has 4 aromatic heterocycles. The van der Waals surface area contributed by atoms with Crippen LogP contribution in [0.4, 0.5) is 25.3 Å². The number of hydrogen-bond acceptors (Lipinski definition) is 7. The Hall–Kier alpha value is -4.15. The molecule has 9 nitrogen and oxygen atoms in total. The minimum atomic E-state index is -0.678. The molecule has 0 radical (unpaired) electrons. The van der Waals surface area contributed by atoms with Gasteiger partial charge in [-0.3, -0.25) is 0 Å². The Morgan fingerprint density at radius 2 is 1.90 bits per heavy atom. The molecule has 1 aliphatic heterocycles. The number of pyridine rings is 2. The van der Waals surface area contributed by atoms with Crippen molar-refractivity contribution in [3.63, 3.8) is 0 Å². The average molecular weight is 536 g/mol. The molecule has 1 amide bonds. The largest absolute Gasteiger partial charge is 0.444 e. The van der Waals surface area contributed by atoms with E-state index in [1.165, 1.54) is 6.07 Å². The zero-order valence-electron chi connectivity index (χ0n) is 22.8. The predicted molar refractivity (Wildman–Crippen MR) is 143 cm³/mol. The van der Waals surface area contributed by atoms with E-state index in [1.54, 1.807) is 21.6 Å². The normalized spacial score (nSPS) is 13.6. The number of nitrogens with one attached hydrogen (secondary N) is 1. The van der Waals surface area contributed by atoms with E-state index in [1.807, 2.05) is 47.6 Å². The Labute approximate surface area is 225 Å². The Morgan fingerprint density at radius 1 is 1.13 bits per heavy atom.